The lowest BCUT2D eigenvalue weighted by Crippen LogP contribution is -2.43. The molecule has 0 aliphatic rings. The summed E-state index contributed by atoms with van der Waals surface area (Å²) in [7, 11) is 0. The largest absolute Gasteiger partial charge is 0.480 e. The number of hydrogen-bond donors (Lipinski definition) is 2. The quantitative estimate of drug-likeness (QED) is 0.466. The number of rotatable bonds is 9. The van der Waals surface area contributed by atoms with Gasteiger partial charge in [0.25, 0.3) is 0 Å². The van der Waals surface area contributed by atoms with Crippen molar-refractivity contribution in [1.82, 2.24) is 25.2 Å². The molecule has 0 spiro atoms. The molecule has 188 valence electrons. The zero-order chi connectivity index (χ0) is 26.1. The maximum Gasteiger partial charge on any atom is 0.407 e. The third-order valence-corrected chi connectivity index (χ3v) is 4.82. The Kier molecular flexibility index (Phi) is 8.66. The SMILES string of the molecule is CC(C)(C)OC(=O)NCCN(CC(=O)O)C(=O)Cc1cc(-c2ccccn2)nc(-c2ccccn2)c1. The Morgan fingerprint density at radius 1 is 0.944 bits per heavy atom. The van der Waals surface area contributed by atoms with E-state index in [4.69, 9.17) is 4.74 Å². The van der Waals surface area contributed by atoms with E-state index in [0.717, 1.165) is 0 Å². The molecule has 0 unspecified atom stereocenters. The molecule has 2 amide bonds. The number of carbonyl (C=O) groups is 3. The fraction of sp³-hybridized carbons (Fsp3) is 0.308. The van der Waals surface area contributed by atoms with Crippen LogP contribution in [0.2, 0.25) is 0 Å². The van der Waals surface area contributed by atoms with Gasteiger partial charge in [-0.3, -0.25) is 19.6 Å². The molecule has 0 bridgehead atoms. The van der Waals surface area contributed by atoms with Crippen molar-refractivity contribution in [3.63, 3.8) is 0 Å². The smallest absolute Gasteiger partial charge is 0.407 e. The van der Waals surface area contributed by atoms with E-state index in [0.29, 0.717) is 28.3 Å². The second kappa shape index (κ2) is 11.9. The van der Waals surface area contributed by atoms with Crippen molar-refractivity contribution in [1.29, 1.82) is 0 Å². The fourth-order valence-corrected chi connectivity index (χ4v) is 3.33. The Balaban J connectivity index is 1.80. The molecule has 10 heteroatoms. The first-order valence-electron chi connectivity index (χ1n) is 11.4. The van der Waals surface area contributed by atoms with Crippen LogP contribution in [0.1, 0.15) is 26.3 Å². The van der Waals surface area contributed by atoms with Crippen LogP contribution in [-0.4, -0.2) is 68.2 Å². The van der Waals surface area contributed by atoms with Crippen LogP contribution in [0.15, 0.2) is 60.9 Å². The zero-order valence-electron chi connectivity index (χ0n) is 20.5. The van der Waals surface area contributed by atoms with E-state index in [1.807, 2.05) is 24.3 Å². The maximum absolute atomic E-state index is 13.1. The second-order valence-corrected chi connectivity index (χ2v) is 8.99. The maximum atomic E-state index is 13.1. The molecule has 3 aromatic heterocycles. The summed E-state index contributed by atoms with van der Waals surface area (Å²) >= 11 is 0. The van der Waals surface area contributed by atoms with Gasteiger partial charge in [-0.25, -0.2) is 9.78 Å². The lowest BCUT2D eigenvalue weighted by Gasteiger charge is -2.23. The lowest BCUT2D eigenvalue weighted by molar-refractivity contribution is -0.144. The van der Waals surface area contributed by atoms with Gasteiger partial charge < -0.3 is 20.1 Å². The number of carboxylic acid groups (broad SMARTS) is 1. The van der Waals surface area contributed by atoms with Crippen molar-refractivity contribution in [2.75, 3.05) is 19.6 Å². The van der Waals surface area contributed by atoms with Crippen LogP contribution in [0.3, 0.4) is 0 Å². The van der Waals surface area contributed by atoms with Gasteiger partial charge in [0, 0.05) is 25.5 Å². The van der Waals surface area contributed by atoms with Crippen LogP contribution in [0.5, 0.6) is 0 Å². The normalized spacial score (nSPS) is 11.0. The third-order valence-electron chi connectivity index (χ3n) is 4.82. The molecule has 2 N–H and O–H groups in total. The standard InChI is InChI=1S/C26H29N5O5/c1-26(2,3)36-25(35)29-12-13-31(17-24(33)34)23(32)16-18-14-21(19-8-4-6-10-27-19)30-22(15-18)20-9-5-7-11-28-20/h4-11,14-15H,12-13,16-17H2,1-3H3,(H,29,35)(H,33,34). The summed E-state index contributed by atoms with van der Waals surface area (Å²) in [4.78, 5) is 51.0. The Morgan fingerprint density at radius 3 is 2.00 bits per heavy atom. The number of ether oxygens (including phenoxy) is 1. The summed E-state index contributed by atoms with van der Waals surface area (Å²) in [6.07, 6.45) is 2.60. The van der Waals surface area contributed by atoms with E-state index >= 15 is 0 Å². The second-order valence-electron chi connectivity index (χ2n) is 8.99. The molecular weight excluding hydrogens is 462 g/mol. The Hall–Kier alpha value is -4.34. The molecular formula is C26H29N5O5. The molecule has 10 nitrogen and oxygen atoms in total. The summed E-state index contributed by atoms with van der Waals surface area (Å²) < 4.78 is 5.18. The van der Waals surface area contributed by atoms with Crippen LogP contribution in [-0.2, 0) is 20.7 Å². The molecule has 0 saturated heterocycles. The summed E-state index contributed by atoms with van der Waals surface area (Å²) in [6.45, 7) is 4.76. The molecule has 0 fully saturated rings. The molecule has 0 aromatic carbocycles. The van der Waals surface area contributed by atoms with Gasteiger partial charge in [-0.1, -0.05) is 12.1 Å². The van der Waals surface area contributed by atoms with E-state index in [9.17, 15) is 19.5 Å². The first kappa shape index (κ1) is 26.3. The number of carboxylic acids is 1. The molecule has 0 aliphatic heterocycles. The van der Waals surface area contributed by atoms with Gasteiger partial charge in [-0.15, -0.1) is 0 Å². The Morgan fingerprint density at radius 2 is 1.53 bits per heavy atom. The van der Waals surface area contributed by atoms with E-state index in [-0.39, 0.29) is 19.5 Å². The number of hydrogen-bond acceptors (Lipinski definition) is 7. The minimum atomic E-state index is -1.15. The van der Waals surface area contributed by atoms with E-state index in [1.165, 1.54) is 4.90 Å². The summed E-state index contributed by atoms with van der Waals surface area (Å²) in [6, 6.07) is 14.4. The molecule has 3 aromatic rings. The molecule has 36 heavy (non-hydrogen) atoms. The number of pyridine rings is 3. The van der Waals surface area contributed by atoms with Gasteiger partial charge in [-0.05, 0) is 62.7 Å². The Labute approximate surface area is 209 Å². The van der Waals surface area contributed by atoms with Gasteiger partial charge in [-0.2, -0.15) is 0 Å². The molecule has 0 aliphatic carbocycles. The predicted octanol–water partition coefficient (Wildman–Crippen LogP) is 3.19. The summed E-state index contributed by atoms with van der Waals surface area (Å²) in [5.74, 6) is -1.56. The van der Waals surface area contributed by atoms with Gasteiger partial charge in [0.1, 0.15) is 12.1 Å². The number of aliphatic carboxylic acids is 1. The molecule has 0 radical (unpaired) electrons. The molecule has 3 heterocycles. The van der Waals surface area contributed by atoms with Crippen LogP contribution in [0.25, 0.3) is 22.8 Å². The third kappa shape index (κ3) is 8.15. The first-order valence-corrected chi connectivity index (χ1v) is 11.4. The summed E-state index contributed by atoms with van der Waals surface area (Å²) in [5.41, 5.74) is 2.36. The van der Waals surface area contributed by atoms with Crippen LogP contribution in [0.4, 0.5) is 4.79 Å². The van der Waals surface area contributed by atoms with E-state index < -0.39 is 30.1 Å². The van der Waals surface area contributed by atoms with Crippen LogP contribution >= 0.6 is 0 Å². The number of nitrogens with one attached hydrogen (secondary N) is 1. The number of aromatic nitrogens is 3. The van der Waals surface area contributed by atoms with Crippen molar-refractivity contribution in [2.45, 2.75) is 32.8 Å². The Bertz CT molecular complexity index is 1140. The van der Waals surface area contributed by atoms with Crippen LogP contribution < -0.4 is 5.32 Å². The minimum Gasteiger partial charge on any atom is -0.480 e. The van der Waals surface area contributed by atoms with Crippen molar-refractivity contribution in [2.24, 2.45) is 0 Å². The van der Waals surface area contributed by atoms with E-state index in [1.54, 1.807) is 57.4 Å². The van der Waals surface area contributed by atoms with Crippen molar-refractivity contribution < 1.29 is 24.2 Å². The minimum absolute atomic E-state index is 0.00958. The fourth-order valence-electron chi connectivity index (χ4n) is 3.33. The van der Waals surface area contributed by atoms with Crippen molar-refractivity contribution >= 4 is 18.0 Å². The van der Waals surface area contributed by atoms with Gasteiger partial charge >= 0.3 is 12.1 Å². The predicted molar refractivity (Wildman–Crippen MR) is 133 cm³/mol. The number of amides is 2. The van der Waals surface area contributed by atoms with Crippen molar-refractivity contribution in [3.05, 3.63) is 66.5 Å². The first-order chi connectivity index (χ1) is 17.1. The van der Waals surface area contributed by atoms with Crippen molar-refractivity contribution in [3.8, 4) is 22.8 Å². The zero-order valence-corrected chi connectivity index (χ0v) is 20.5. The topological polar surface area (TPSA) is 135 Å². The van der Waals surface area contributed by atoms with Gasteiger partial charge in [0.05, 0.1) is 29.2 Å². The number of alkyl carbamates (subject to hydrolysis) is 1. The van der Waals surface area contributed by atoms with Gasteiger partial charge in [0.15, 0.2) is 0 Å². The number of carbonyl (C=O) groups excluding carboxylic acids is 2. The molecule has 3 rings (SSSR count). The highest BCUT2D eigenvalue weighted by Crippen LogP contribution is 2.23. The average Bonchev–Trinajstić information content (AvgIpc) is 2.83. The molecule has 0 atom stereocenters. The van der Waals surface area contributed by atoms with E-state index in [2.05, 4.69) is 20.3 Å². The summed E-state index contributed by atoms with van der Waals surface area (Å²) in [5, 5.41) is 11.9. The monoisotopic (exact) mass is 491 g/mol. The number of nitrogens with zero attached hydrogens (tertiary/aromatic N) is 4. The van der Waals surface area contributed by atoms with Crippen LogP contribution in [0, 0.1) is 0 Å². The highest BCUT2D eigenvalue weighted by molar-refractivity contribution is 5.83. The lowest BCUT2D eigenvalue weighted by atomic mass is 10.1. The van der Waals surface area contributed by atoms with Gasteiger partial charge in [0.2, 0.25) is 5.91 Å². The highest BCUT2D eigenvalue weighted by atomic mass is 16.6. The molecule has 0 saturated carbocycles. The highest BCUT2D eigenvalue weighted by Gasteiger charge is 2.20. The average molecular weight is 492 g/mol.